The van der Waals surface area contributed by atoms with Crippen LogP contribution in [0.4, 0.5) is 3.89 Å². The van der Waals surface area contributed by atoms with Crippen LogP contribution in [0.2, 0.25) is 0 Å². The highest BCUT2D eigenvalue weighted by atomic mass is 32.2. The van der Waals surface area contributed by atoms with Gasteiger partial charge in [0.1, 0.15) is 0 Å². The molecule has 0 aliphatic heterocycles. The smallest absolute Gasteiger partial charge is 0.0808 e. The number of hydrogen-bond acceptors (Lipinski definition) is 1. The van der Waals surface area contributed by atoms with Crippen molar-refractivity contribution in [2.24, 2.45) is 0 Å². The molecular formula is C12H13FS. The molecule has 0 saturated heterocycles. The Morgan fingerprint density at radius 2 is 2.07 bits per heavy atom. The van der Waals surface area contributed by atoms with Crippen molar-refractivity contribution in [3.8, 4) is 0 Å². The first-order chi connectivity index (χ1) is 6.65. The van der Waals surface area contributed by atoms with Crippen LogP contribution in [-0.4, -0.2) is 0 Å². The van der Waals surface area contributed by atoms with Crippen LogP contribution in [0.1, 0.15) is 18.1 Å². The van der Waals surface area contributed by atoms with Crippen molar-refractivity contribution in [2.45, 2.75) is 13.8 Å². The molecule has 74 valence electrons. The van der Waals surface area contributed by atoms with Gasteiger partial charge in [0.2, 0.25) is 0 Å². The summed E-state index contributed by atoms with van der Waals surface area (Å²) in [6, 6.07) is 8.00. The lowest BCUT2D eigenvalue weighted by atomic mass is 10.1. The van der Waals surface area contributed by atoms with Gasteiger partial charge in [-0.2, -0.15) is 3.89 Å². The zero-order valence-electron chi connectivity index (χ0n) is 8.38. The molecule has 0 unspecified atom stereocenters. The summed E-state index contributed by atoms with van der Waals surface area (Å²) in [7, 11) is 0. The lowest BCUT2D eigenvalue weighted by Crippen LogP contribution is -1.81. The van der Waals surface area contributed by atoms with Crippen LogP contribution in [0.15, 0.2) is 41.3 Å². The molecule has 0 saturated carbocycles. The predicted molar refractivity (Wildman–Crippen MR) is 62.7 cm³/mol. The molecule has 1 aromatic carbocycles. The Morgan fingerprint density at radius 1 is 1.43 bits per heavy atom. The van der Waals surface area contributed by atoms with Gasteiger partial charge in [0.05, 0.1) is 12.1 Å². The molecular weight excluding hydrogens is 195 g/mol. The molecule has 0 spiro atoms. The summed E-state index contributed by atoms with van der Waals surface area (Å²) in [6.45, 7) is 7.51. The van der Waals surface area contributed by atoms with Gasteiger partial charge >= 0.3 is 0 Å². The van der Waals surface area contributed by atoms with E-state index in [1.165, 1.54) is 5.56 Å². The van der Waals surface area contributed by atoms with Gasteiger partial charge in [-0.25, -0.2) is 0 Å². The summed E-state index contributed by atoms with van der Waals surface area (Å²) in [5, 5.41) is 0. The second kappa shape index (κ2) is 5.01. The van der Waals surface area contributed by atoms with Gasteiger partial charge in [-0.1, -0.05) is 36.9 Å². The van der Waals surface area contributed by atoms with E-state index in [1.54, 1.807) is 0 Å². The van der Waals surface area contributed by atoms with Gasteiger partial charge < -0.3 is 0 Å². The molecule has 0 bridgehead atoms. The van der Waals surface area contributed by atoms with Crippen molar-refractivity contribution in [3.63, 3.8) is 0 Å². The van der Waals surface area contributed by atoms with E-state index in [0.717, 1.165) is 11.1 Å². The van der Waals surface area contributed by atoms with Crippen molar-refractivity contribution in [2.75, 3.05) is 0 Å². The predicted octanol–water partition coefficient (Wildman–Crippen LogP) is 4.53. The SMILES string of the molecule is C=C(SF)/C(C)=C\c1ccccc1C. The molecule has 0 aliphatic carbocycles. The van der Waals surface area contributed by atoms with Gasteiger partial charge in [0.15, 0.2) is 0 Å². The monoisotopic (exact) mass is 208 g/mol. The van der Waals surface area contributed by atoms with Crippen LogP contribution in [0.5, 0.6) is 0 Å². The van der Waals surface area contributed by atoms with Gasteiger partial charge in [-0.15, -0.1) is 0 Å². The highest BCUT2D eigenvalue weighted by Crippen LogP contribution is 2.24. The summed E-state index contributed by atoms with van der Waals surface area (Å²) in [6.07, 6.45) is 1.95. The lowest BCUT2D eigenvalue weighted by molar-refractivity contribution is 0.944. The maximum absolute atomic E-state index is 12.2. The molecule has 0 fully saturated rings. The van der Waals surface area contributed by atoms with Crippen LogP contribution in [0, 0.1) is 6.92 Å². The normalized spacial score (nSPS) is 11.5. The molecule has 0 nitrogen and oxygen atoms in total. The molecule has 0 aromatic heterocycles. The summed E-state index contributed by atoms with van der Waals surface area (Å²) < 4.78 is 12.2. The summed E-state index contributed by atoms with van der Waals surface area (Å²) in [4.78, 5) is 0.466. The average molecular weight is 208 g/mol. The molecule has 14 heavy (non-hydrogen) atoms. The number of hydrogen-bond donors (Lipinski definition) is 0. The van der Waals surface area contributed by atoms with E-state index in [4.69, 9.17) is 0 Å². The Bertz CT molecular complexity index is 366. The molecule has 2 heteroatoms. The van der Waals surface area contributed by atoms with Crippen molar-refractivity contribution < 1.29 is 3.89 Å². The fourth-order valence-corrected chi connectivity index (χ4v) is 1.30. The van der Waals surface area contributed by atoms with Gasteiger partial charge in [-0.3, -0.25) is 0 Å². The van der Waals surface area contributed by atoms with Crippen LogP contribution in [-0.2, 0) is 0 Å². The maximum atomic E-state index is 12.2. The standard InChI is InChI=1S/C12H13FS/c1-9-6-4-5-7-12(9)8-10(2)11(3)14-13/h4-8H,3H2,1-2H3/b10-8-. The number of rotatable bonds is 3. The van der Waals surface area contributed by atoms with E-state index in [1.807, 2.05) is 44.2 Å². The minimum Gasteiger partial charge on any atom is -0.160 e. The first-order valence-corrected chi connectivity index (χ1v) is 5.08. The van der Waals surface area contributed by atoms with E-state index in [-0.39, 0.29) is 12.1 Å². The van der Waals surface area contributed by atoms with Gasteiger partial charge in [0, 0.05) is 4.91 Å². The maximum Gasteiger partial charge on any atom is 0.0808 e. The fourth-order valence-electron chi connectivity index (χ4n) is 1.12. The molecule has 0 atom stereocenters. The quantitative estimate of drug-likeness (QED) is 0.658. The van der Waals surface area contributed by atoms with Crippen molar-refractivity contribution in [1.29, 1.82) is 0 Å². The van der Waals surface area contributed by atoms with Crippen molar-refractivity contribution in [1.82, 2.24) is 0 Å². The van der Waals surface area contributed by atoms with E-state index in [9.17, 15) is 3.89 Å². The van der Waals surface area contributed by atoms with Crippen molar-refractivity contribution in [3.05, 3.63) is 52.4 Å². The first-order valence-electron chi connectivity index (χ1n) is 4.37. The summed E-state index contributed by atoms with van der Waals surface area (Å²) in [5.41, 5.74) is 3.16. The van der Waals surface area contributed by atoms with Gasteiger partial charge in [-0.05, 0) is 30.5 Å². The minimum absolute atomic E-state index is 0.195. The summed E-state index contributed by atoms with van der Waals surface area (Å²) in [5.74, 6) is 0. The Labute approximate surface area is 88.8 Å². The Kier molecular flexibility index (Phi) is 3.96. The van der Waals surface area contributed by atoms with E-state index in [2.05, 4.69) is 6.58 Å². The molecule has 1 rings (SSSR count). The summed E-state index contributed by atoms with van der Waals surface area (Å²) >= 11 is 0.195. The zero-order chi connectivity index (χ0) is 10.6. The molecule has 0 N–H and O–H groups in total. The Morgan fingerprint density at radius 3 is 2.64 bits per heavy atom. The molecule has 0 heterocycles. The highest BCUT2D eigenvalue weighted by Gasteiger charge is 1.99. The van der Waals surface area contributed by atoms with Crippen LogP contribution in [0.25, 0.3) is 6.08 Å². The number of halogens is 1. The first kappa shape index (κ1) is 11.1. The third-order valence-corrected chi connectivity index (χ3v) is 2.60. The van der Waals surface area contributed by atoms with Crippen LogP contribution < -0.4 is 0 Å². The third-order valence-electron chi connectivity index (χ3n) is 2.09. The van der Waals surface area contributed by atoms with Crippen LogP contribution >= 0.6 is 12.1 Å². The zero-order valence-corrected chi connectivity index (χ0v) is 9.20. The minimum atomic E-state index is 0.195. The van der Waals surface area contributed by atoms with Crippen molar-refractivity contribution >= 4 is 18.2 Å². The largest absolute Gasteiger partial charge is 0.160 e. The number of aryl methyl sites for hydroxylation is 1. The number of benzene rings is 1. The molecule has 0 aliphatic rings. The molecule has 0 amide bonds. The Hall–Kier alpha value is -1.02. The molecule has 1 aromatic rings. The topological polar surface area (TPSA) is 0 Å². The van der Waals surface area contributed by atoms with Crippen LogP contribution in [0.3, 0.4) is 0 Å². The second-order valence-corrected chi connectivity index (χ2v) is 3.83. The highest BCUT2D eigenvalue weighted by molar-refractivity contribution is 7.98. The molecule has 0 radical (unpaired) electrons. The van der Waals surface area contributed by atoms with E-state index >= 15 is 0 Å². The fraction of sp³-hybridized carbons (Fsp3) is 0.167. The van der Waals surface area contributed by atoms with E-state index < -0.39 is 0 Å². The Balaban J connectivity index is 2.97. The average Bonchev–Trinajstić information content (AvgIpc) is 2.20. The third kappa shape index (κ3) is 2.74. The van der Waals surface area contributed by atoms with E-state index in [0.29, 0.717) is 4.91 Å². The second-order valence-electron chi connectivity index (χ2n) is 3.18. The number of allylic oxidation sites excluding steroid dienone is 1. The lowest BCUT2D eigenvalue weighted by Gasteiger charge is -2.02. The van der Waals surface area contributed by atoms with Gasteiger partial charge in [0.25, 0.3) is 0 Å².